The molecule has 0 aromatic carbocycles. The molecule has 1 rings (SSSR count). The minimum atomic E-state index is 0.534. The van der Waals surface area contributed by atoms with Gasteiger partial charge in [0.05, 0.1) is 13.2 Å². The monoisotopic (exact) mass is 270 g/mol. The van der Waals surface area contributed by atoms with Crippen LogP contribution in [0.2, 0.25) is 0 Å². The van der Waals surface area contributed by atoms with Gasteiger partial charge in [0.15, 0.2) is 0 Å². The summed E-state index contributed by atoms with van der Waals surface area (Å²) in [6, 6.07) is 1.10. The predicted octanol–water partition coefficient (Wildman–Crippen LogP) is 3.18. The van der Waals surface area contributed by atoms with Crippen LogP contribution in [0, 0.1) is 0 Å². The fourth-order valence-electron chi connectivity index (χ4n) is 3.04. The van der Waals surface area contributed by atoms with E-state index >= 15 is 0 Å². The molecule has 1 aliphatic heterocycles. The van der Waals surface area contributed by atoms with E-state index in [0.29, 0.717) is 12.1 Å². The summed E-state index contributed by atoms with van der Waals surface area (Å²) < 4.78 is 5.50. The Morgan fingerprint density at radius 3 is 2.47 bits per heavy atom. The Labute approximate surface area is 119 Å². The molecule has 0 amide bonds. The molecule has 0 aliphatic carbocycles. The van der Waals surface area contributed by atoms with Crippen LogP contribution in [-0.2, 0) is 4.74 Å². The molecule has 1 aliphatic rings. The minimum Gasteiger partial charge on any atom is -0.379 e. The third-order valence-electron chi connectivity index (χ3n) is 4.30. The van der Waals surface area contributed by atoms with Crippen molar-refractivity contribution in [2.24, 2.45) is 5.73 Å². The summed E-state index contributed by atoms with van der Waals surface area (Å²) in [5.41, 5.74) is 5.96. The van der Waals surface area contributed by atoms with Gasteiger partial charge in [-0.25, -0.2) is 0 Å². The summed E-state index contributed by atoms with van der Waals surface area (Å²) >= 11 is 0. The van der Waals surface area contributed by atoms with Crippen LogP contribution < -0.4 is 5.73 Å². The smallest absolute Gasteiger partial charge is 0.0619 e. The molecular formula is C16H34N2O. The molecule has 0 aromatic rings. The highest BCUT2D eigenvalue weighted by Gasteiger charge is 2.24. The van der Waals surface area contributed by atoms with Gasteiger partial charge < -0.3 is 10.5 Å². The Balaban J connectivity index is 2.10. The van der Waals surface area contributed by atoms with Gasteiger partial charge in [0.25, 0.3) is 0 Å². The number of ether oxygens (including phenoxy) is 1. The first kappa shape index (κ1) is 16.9. The average molecular weight is 270 g/mol. The van der Waals surface area contributed by atoms with E-state index in [1.54, 1.807) is 0 Å². The highest BCUT2D eigenvalue weighted by molar-refractivity contribution is 4.80. The molecule has 0 radical (unpaired) electrons. The van der Waals surface area contributed by atoms with Crippen LogP contribution in [0.25, 0.3) is 0 Å². The first-order chi connectivity index (χ1) is 9.29. The number of hydrogen-bond donors (Lipinski definition) is 1. The lowest BCUT2D eigenvalue weighted by Crippen LogP contribution is -2.51. The van der Waals surface area contributed by atoms with Crippen LogP contribution in [0.5, 0.6) is 0 Å². The molecular weight excluding hydrogens is 236 g/mol. The molecule has 19 heavy (non-hydrogen) atoms. The fraction of sp³-hybridized carbons (Fsp3) is 1.00. The first-order valence-corrected chi connectivity index (χ1v) is 8.33. The van der Waals surface area contributed by atoms with Crippen LogP contribution in [0.15, 0.2) is 0 Å². The lowest BCUT2D eigenvalue weighted by molar-refractivity contribution is -0.0222. The largest absolute Gasteiger partial charge is 0.379 e. The van der Waals surface area contributed by atoms with Gasteiger partial charge in [-0.05, 0) is 13.3 Å². The van der Waals surface area contributed by atoms with E-state index in [2.05, 4.69) is 18.7 Å². The van der Waals surface area contributed by atoms with Gasteiger partial charge in [-0.15, -0.1) is 0 Å². The maximum absolute atomic E-state index is 5.96. The molecule has 1 saturated heterocycles. The van der Waals surface area contributed by atoms with Gasteiger partial charge in [0, 0.05) is 25.2 Å². The van der Waals surface area contributed by atoms with Crippen molar-refractivity contribution < 1.29 is 4.74 Å². The van der Waals surface area contributed by atoms with Gasteiger partial charge in [-0.2, -0.15) is 0 Å². The van der Waals surface area contributed by atoms with E-state index in [0.717, 1.165) is 26.3 Å². The SMILES string of the molecule is CCCCCCCCCC(CN)N1CCOCC1C. The second-order valence-corrected chi connectivity index (χ2v) is 5.96. The second kappa shape index (κ2) is 10.6. The number of morpholine rings is 1. The molecule has 1 heterocycles. The predicted molar refractivity (Wildman–Crippen MR) is 82.4 cm³/mol. The Bertz CT molecular complexity index is 211. The number of nitrogens with two attached hydrogens (primary N) is 1. The fourth-order valence-corrected chi connectivity index (χ4v) is 3.04. The third kappa shape index (κ3) is 6.73. The minimum absolute atomic E-state index is 0.534. The average Bonchev–Trinajstić information content (AvgIpc) is 2.43. The van der Waals surface area contributed by atoms with Crippen molar-refractivity contribution in [2.45, 2.75) is 77.3 Å². The lowest BCUT2D eigenvalue weighted by atomic mass is 10.0. The molecule has 0 saturated carbocycles. The van der Waals surface area contributed by atoms with Crippen LogP contribution in [-0.4, -0.2) is 43.3 Å². The van der Waals surface area contributed by atoms with Crippen molar-refractivity contribution in [3.05, 3.63) is 0 Å². The summed E-state index contributed by atoms with van der Waals surface area (Å²) in [6.45, 7) is 8.12. The van der Waals surface area contributed by atoms with Gasteiger partial charge in [0.1, 0.15) is 0 Å². The van der Waals surface area contributed by atoms with Crippen LogP contribution in [0.4, 0.5) is 0 Å². The molecule has 0 bridgehead atoms. The summed E-state index contributed by atoms with van der Waals surface area (Å²) in [5.74, 6) is 0. The zero-order chi connectivity index (χ0) is 13.9. The zero-order valence-corrected chi connectivity index (χ0v) is 13.1. The molecule has 2 unspecified atom stereocenters. The van der Waals surface area contributed by atoms with Crippen molar-refractivity contribution in [1.82, 2.24) is 4.90 Å². The van der Waals surface area contributed by atoms with Crippen molar-refractivity contribution in [3.63, 3.8) is 0 Å². The number of hydrogen-bond acceptors (Lipinski definition) is 3. The highest BCUT2D eigenvalue weighted by atomic mass is 16.5. The van der Waals surface area contributed by atoms with Crippen molar-refractivity contribution in [1.29, 1.82) is 0 Å². The molecule has 1 fully saturated rings. The molecule has 2 atom stereocenters. The zero-order valence-electron chi connectivity index (χ0n) is 13.1. The van der Waals surface area contributed by atoms with Gasteiger partial charge in [-0.1, -0.05) is 51.9 Å². The van der Waals surface area contributed by atoms with Gasteiger partial charge in [-0.3, -0.25) is 4.90 Å². The summed E-state index contributed by atoms with van der Waals surface area (Å²) in [6.07, 6.45) is 10.9. The third-order valence-corrected chi connectivity index (χ3v) is 4.30. The molecule has 114 valence electrons. The topological polar surface area (TPSA) is 38.5 Å². The number of nitrogens with zero attached hydrogens (tertiary/aromatic N) is 1. The Kier molecular flexibility index (Phi) is 9.48. The van der Waals surface area contributed by atoms with Crippen molar-refractivity contribution >= 4 is 0 Å². The second-order valence-electron chi connectivity index (χ2n) is 5.96. The Morgan fingerprint density at radius 1 is 1.16 bits per heavy atom. The summed E-state index contributed by atoms with van der Waals surface area (Å²) in [7, 11) is 0. The first-order valence-electron chi connectivity index (χ1n) is 8.33. The van der Waals surface area contributed by atoms with Crippen LogP contribution in [0.3, 0.4) is 0 Å². The van der Waals surface area contributed by atoms with Gasteiger partial charge in [0.2, 0.25) is 0 Å². The van der Waals surface area contributed by atoms with E-state index in [1.807, 2.05) is 0 Å². The van der Waals surface area contributed by atoms with E-state index in [4.69, 9.17) is 10.5 Å². The normalized spacial score (nSPS) is 22.6. The molecule has 2 N–H and O–H groups in total. The maximum atomic E-state index is 5.96. The molecule has 0 aromatic heterocycles. The molecule has 3 heteroatoms. The Morgan fingerprint density at radius 2 is 1.84 bits per heavy atom. The lowest BCUT2D eigenvalue weighted by Gasteiger charge is -2.39. The van der Waals surface area contributed by atoms with Crippen LogP contribution in [0.1, 0.15) is 65.2 Å². The number of rotatable bonds is 10. The highest BCUT2D eigenvalue weighted by Crippen LogP contribution is 2.16. The molecule has 0 spiro atoms. The summed E-state index contributed by atoms with van der Waals surface area (Å²) in [5, 5.41) is 0. The van der Waals surface area contributed by atoms with Gasteiger partial charge >= 0.3 is 0 Å². The summed E-state index contributed by atoms with van der Waals surface area (Å²) in [4.78, 5) is 2.56. The molecule has 3 nitrogen and oxygen atoms in total. The number of unbranched alkanes of at least 4 members (excludes halogenated alkanes) is 6. The van der Waals surface area contributed by atoms with E-state index in [1.165, 1.54) is 51.4 Å². The van der Waals surface area contributed by atoms with E-state index < -0.39 is 0 Å². The van der Waals surface area contributed by atoms with Crippen molar-refractivity contribution in [3.8, 4) is 0 Å². The van der Waals surface area contributed by atoms with E-state index in [-0.39, 0.29) is 0 Å². The van der Waals surface area contributed by atoms with E-state index in [9.17, 15) is 0 Å². The maximum Gasteiger partial charge on any atom is 0.0619 e. The van der Waals surface area contributed by atoms with Crippen LogP contribution >= 0.6 is 0 Å². The quantitative estimate of drug-likeness (QED) is 0.620. The standard InChI is InChI=1S/C16H34N2O/c1-3-4-5-6-7-8-9-10-16(13-17)18-11-12-19-14-15(18)2/h15-16H,3-14,17H2,1-2H3. The van der Waals surface area contributed by atoms with Crippen molar-refractivity contribution in [2.75, 3.05) is 26.3 Å². The Hall–Kier alpha value is -0.120.